The van der Waals surface area contributed by atoms with E-state index in [0.29, 0.717) is 12.5 Å². The number of thiophene rings is 1. The van der Waals surface area contributed by atoms with Gasteiger partial charge in [-0.3, -0.25) is 9.59 Å². The van der Waals surface area contributed by atoms with Crippen LogP contribution < -0.4 is 10.6 Å². The molecule has 2 rings (SSSR count). The first-order valence-corrected chi connectivity index (χ1v) is 10.2. The van der Waals surface area contributed by atoms with E-state index in [-0.39, 0.29) is 24.4 Å². The summed E-state index contributed by atoms with van der Waals surface area (Å²) in [6, 6.07) is 12.9. The van der Waals surface area contributed by atoms with Gasteiger partial charge in [-0.2, -0.15) is 0 Å². The Labute approximate surface area is 165 Å². The van der Waals surface area contributed by atoms with Crippen molar-refractivity contribution in [2.24, 2.45) is 0 Å². The third-order valence-corrected chi connectivity index (χ3v) is 5.90. The number of amides is 2. The number of carbonyl (C=O) groups is 2. The number of nitrogens with one attached hydrogen (secondary N) is 1. The zero-order valence-corrected chi connectivity index (χ0v) is 17.4. The quantitative estimate of drug-likeness (QED) is 0.691. The van der Waals surface area contributed by atoms with E-state index in [9.17, 15) is 9.59 Å². The van der Waals surface area contributed by atoms with E-state index in [2.05, 4.69) is 54.9 Å². The van der Waals surface area contributed by atoms with Crippen LogP contribution in [0.25, 0.3) is 0 Å². The lowest BCUT2D eigenvalue weighted by Gasteiger charge is -2.19. The van der Waals surface area contributed by atoms with Crippen LogP contribution in [0.5, 0.6) is 0 Å². The van der Waals surface area contributed by atoms with Crippen molar-refractivity contribution in [1.29, 1.82) is 0 Å². The highest BCUT2D eigenvalue weighted by Crippen LogP contribution is 2.25. The van der Waals surface area contributed by atoms with Gasteiger partial charge in [0.15, 0.2) is 6.54 Å². The average Bonchev–Trinajstić information content (AvgIpc) is 3.22. The van der Waals surface area contributed by atoms with Crippen molar-refractivity contribution in [1.82, 2.24) is 10.2 Å². The fourth-order valence-electron chi connectivity index (χ4n) is 2.91. The summed E-state index contributed by atoms with van der Waals surface area (Å²) in [5, 5.41) is 6.65. The standard InChI is InChI=1S/C21H29N3O2S/c1-5-15(2)16-8-10-17(11-9-16)21(18-7-6-12-27-18)23-13-20(26)24(4)14-19(25)22-3/h6-12,15,21,23H,5,13-14H2,1-4H3,(H,22,25)/p+1/t15-,21+/m1/s1. The van der Waals surface area contributed by atoms with Crippen molar-refractivity contribution in [3.8, 4) is 0 Å². The fourth-order valence-corrected chi connectivity index (χ4v) is 3.76. The molecule has 0 unspecified atom stereocenters. The minimum atomic E-state index is -0.165. The molecule has 0 saturated heterocycles. The lowest BCUT2D eigenvalue weighted by Crippen LogP contribution is -2.87. The summed E-state index contributed by atoms with van der Waals surface area (Å²) in [4.78, 5) is 26.6. The molecule has 1 aromatic carbocycles. The molecular formula is C21H30N3O2S+. The van der Waals surface area contributed by atoms with Gasteiger partial charge in [0.25, 0.3) is 5.91 Å². The number of nitrogens with zero attached hydrogens (tertiary/aromatic N) is 1. The Bertz CT molecular complexity index is 728. The van der Waals surface area contributed by atoms with E-state index >= 15 is 0 Å². The topological polar surface area (TPSA) is 66.0 Å². The number of hydrogen-bond acceptors (Lipinski definition) is 3. The van der Waals surface area contributed by atoms with Crippen molar-refractivity contribution < 1.29 is 14.9 Å². The molecule has 0 radical (unpaired) electrons. The summed E-state index contributed by atoms with van der Waals surface area (Å²) in [5.41, 5.74) is 2.53. The molecule has 2 atom stereocenters. The summed E-state index contributed by atoms with van der Waals surface area (Å²) in [7, 11) is 3.23. The number of hydrogen-bond donors (Lipinski definition) is 2. The minimum absolute atomic E-state index is 0.0589. The Morgan fingerprint density at radius 1 is 1.19 bits per heavy atom. The van der Waals surface area contributed by atoms with E-state index < -0.39 is 0 Å². The highest BCUT2D eigenvalue weighted by atomic mass is 32.1. The first kappa shape index (κ1) is 21.1. The highest BCUT2D eigenvalue weighted by molar-refractivity contribution is 7.10. The van der Waals surface area contributed by atoms with Crippen LogP contribution >= 0.6 is 11.3 Å². The molecule has 146 valence electrons. The molecule has 1 heterocycles. The number of benzene rings is 1. The first-order valence-electron chi connectivity index (χ1n) is 9.37. The normalized spacial score (nSPS) is 13.0. The number of quaternary nitrogens is 1. The smallest absolute Gasteiger partial charge is 0.277 e. The molecule has 0 spiro atoms. The Hall–Kier alpha value is -2.18. The molecular weight excluding hydrogens is 358 g/mol. The summed E-state index contributed by atoms with van der Waals surface area (Å²) in [6.07, 6.45) is 1.12. The zero-order chi connectivity index (χ0) is 19.8. The van der Waals surface area contributed by atoms with Gasteiger partial charge >= 0.3 is 0 Å². The molecule has 0 fully saturated rings. The van der Waals surface area contributed by atoms with Crippen LogP contribution in [-0.2, 0) is 9.59 Å². The Balaban J connectivity index is 2.10. The van der Waals surface area contributed by atoms with Crippen LogP contribution in [0.2, 0.25) is 0 Å². The minimum Gasteiger partial charge on any atom is -0.358 e. The first-order chi connectivity index (χ1) is 13.0. The summed E-state index contributed by atoms with van der Waals surface area (Å²) < 4.78 is 0. The second-order valence-corrected chi connectivity index (χ2v) is 7.81. The van der Waals surface area contributed by atoms with Crippen molar-refractivity contribution in [3.63, 3.8) is 0 Å². The summed E-state index contributed by atoms with van der Waals surface area (Å²) in [5.74, 6) is 0.320. The second-order valence-electron chi connectivity index (χ2n) is 6.83. The van der Waals surface area contributed by atoms with Crippen molar-refractivity contribution in [2.75, 3.05) is 27.2 Å². The number of carbonyl (C=O) groups excluding carboxylic acids is 2. The van der Waals surface area contributed by atoms with E-state index in [1.165, 1.54) is 20.9 Å². The third-order valence-electron chi connectivity index (χ3n) is 4.94. The van der Waals surface area contributed by atoms with Gasteiger partial charge in [0.2, 0.25) is 5.91 Å². The number of nitrogens with two attached hydrogens (primary N) is 1. The average molecular weight is 389 g/mol. The molecule has 6 heteroatoms. The van der Waals surface area contributed by atoms with E-state index in [0.717, 1.165) is 6.42 Å². The predicted molar refractivity (Wildman–Crippen MR) is 110 cm³/mol. The Morgan fingerprint density at radius 2 is 1.85 bits per heavy atom. The largest absolute Gasteiger partial charge is 0.358 e. The molecule has 1 aromatic heterocycles. The highest BCUT2D eigenvalue weighted by Gasteiger charge is 2.22. The zero-order valence-electron chi connectivity index (χ0n) is 16.6. The Morgan fingerprint density at radius 3 is 2.41 bits per heavy atom. The molecule has 0 aliphatic rings. The van der Waals surface area contributed by atoms with Crippen LogP contribution in [0.4, 0.5) is 0 Å². The van der Waals surface area contributed by atoms with Gasteiger partial charge in [0.1, 0.15) is 6.04 Å². The van der Waals surface area contributed by atoms with Crippen LogP contribution in [0.3, 0.4) is 0 Å². The molecule has 0 aliphatic carbocycles. The molecule has 2 aromatic rings. The van der Waals surface area contributed by atoms with Gasteiger partial charge in [-0.05, 0) is 29.3 Å². The van der Waals surface area contributed by atoms with Gasteiger partial charge in [0.05, 0.1) is 11.4 Å². The van der Waals surface area contributed by atoms with Gasteiger partial charge in [-0.25, -0.2) is 0 Å². The molecule has 0 bridgehead atoms. The Kier molecular flexibility index (Phi) is 8.00. The predicted octanol–water partition coefficient (Wildman–Crippen LogP) is 2.12. The van der Waals surface area contributed by atoms with E-state index in [4.69, 9.17) is 0 Å². The molecule has 5 nitrogen and oxygen atoms in total. The van der Waals surface area contributed by atoms with Crippen LogP contribution in [-0.4, -0.2) is 43.9 Å². The lowest BCUT2D eigenvalue weighted by atomic mass is 9.95. The van der Waals surface area contributed by atoms with Crippen LogP contribution in [0, 0.1) is 0 Å². The van der Waals surface area contributed by atoms with Gasteiger partial charge in [-0.1, -0.05) is 44.2 Å². The fraction of sp³-hybridized carbons (Fsp3) is 0.429. The second kappa shape index (κ2) is 10.2. The van der Waals surface area contributed by atoms with Crippen molar-refractivity contribution >= 4 is 23.2 Å². The third kappa shape index (κ3) is 5.91. The van der Waals surface area contributed by atoms with Gasteiger partial charge < -0.3 is 15.5 Å². The molecule has 2 amide bonds. The molecule has 27 heavy (non-hydrogen) atoms. The summed E-state index contributed by atoms with van der Waals surface area (Å²) >= 11 is 1.69. The van der Waals surface area contributed by atoms with Gasteiger partial charge in [0, 0.05) is 19.7 Å². The summed E-state index contributed by atoms with van der Waals surface area (Å²) in [6.45, 7) is 4.81. The van der Waals surface area contributed by atoms with Gasteiger partial charge in [-0.15, -0.1) is 11.3 Å². The number of likely N-dealkylation sites (N-methyl/N-ethyl adjacent to an activating group) is 2. The van der Waals surface area contributed by atoms with Crippen LogP contribution in [0.1, 0.15) is 48.2 Å². The maximum absolute atomic E-state index is 12.4. The molecule has 0 aliphatic heterocycles. The van der Waals surface area contributed by atoms with Crippen molar-refractivity contribution in [3.05, 3.63) is 57.8 Å². The number of rotatable bonds is 9. The maximum Gasteiger partial charge on any atom is 0.277 e. The maximum atomic E-state index is 12.4. The van der Waals surface area contributed by atoms with E-state index in [1.807, 2.05) is 11.4 Å². The monoisotopic (exact) mass is 388 g/mol. The molecule has 0 saturated carbocycles. The van der Waals surface area contributed by atoms with E-state index in [1.54, 1.807) is 25.4 Å². The SMILES string of the molecule is CC[C@@H](C)c1ccc([C@H]([NH2+]CC(=O)N(C)CC(=O)NC)c2cccs2)cc1. The molecule has 3 N–H and O–H groups in total. The van der Waals surface area contributed by atoms with Crippen LogP contribution in [0.15, 0.2) is 41.8 Å². The van der Waals surface area contributed by atoms with Crippen molar-refractivity contribution in [2.45, 2.75) is 32.2 Å². The lowest BCUT2D eigenvalue weighted by molar-refractivity contribution is -0.676.